The molecule has 4 aliphatic rings. The molecule has 4 heterocycles. The highest BCUT2D eigenvalue weighted by Gasteiger charge is 2.40. The molecule has 20 heteroatoms. The van der Waals surface area contributed by atoms with Gasteiger partial charge in [0.2, 0.25) is 23.7 Å². The largest absolute Gasteiger partial charge is 0.381 e. The van der Waals surface area contributed by atoms with Crippen molar-refractivity contribution < 1.29 is 33.5 Å². The fourth-order valence-corrected chi connectivity index (χ4v) is 9.13. The first-order valence-corrected chi connectivity index (χ1v) is 23.6. The molecule has 1 aliphatic carbocycles. The molecule has 4 aromatic rings. The van der Waals surface area contributed by atoms with Gasteiger partial charge < -0.3 is 51.3 Å². The predicted octanol–water partition coefficient (Wildman–Crippen LogP) is 4.91. The van der Waals surface area contributed by atoms with E-state index < -0.39 is 11.9 Å². The van der Waals surface area contributed by atoms with Gasteiger partial charge in [0.1, 0.15) is 11.1 Å². The third-order valence-electron chi connectivity index (χ3n) is 12.7. The number of rotatable bonds is 17. The van der Waals surface area contributed by atoms with E-state index in [-0.39, 0.29) is 68.1 Å². The van der Waals surface area contributed by atoms with E-state index in [1.54, 1.807) is 43.4 Å². The fraction of sp³-hybridized carbons (Fsp3) is 0.417. The SMILES string of the molecule is CNC(=O)c1ccccc1Nc1nc(Nc2ccc(N3CCN(C(=O)N[C@H]4CC[C@@H](NCCCOCCC(=O)Nc5cccc6c5CN(C5CCC(=O)NC5=O)C6=O)CC4)CC3)cc2)ncc1Cl. The third-order valence-corrected chi connectivity index (χ3v) is 13.0. The zero-order valence-corrected chi connectivity index (χ0v) is 38.7. The van der Waals surface area contributed by atoms with Crippen LogP contribution in [0.1, 0.15) is 77.6 Å². The van der Waals surface area contributed by atoms with Crippen LogP contribution in [0.2, 0.25) is 5.02 Å². The Morgan fingerprint density at radius 3 is 2.37 bits per heavy atom. The van der Waals surface area contributed by atoms with Crippen LogP contribution in [0.4, 0.5) is 39.3 Å². The summed E-state index contributed by atoms with van der Waals surface area (Å²) in [4.78, 5) is 90.0. The Morgan fingerprint density at radius 1 is 0.853 bits per heavy atom. The summed E-state index contributed by atoms with van der Waals surface area (Å²) < 4.78 is 5.75. The normalized spacial score (nSPS) is 19.2. The van der Waals surface area contributed by atoms with Crippen molar-refractivity contribution in [3.8, 4) is 0 Å². The van der Waals surface area contributed by atoms with Gasteiger partial charge in [-0.25, -0.2) is 9.78 Å². The van der Waals surface area contributed by atoms with Crippen LogP contribution in [-0.2, 0) is 25.7 Å². The van der Waals surface area contributed by atoms with E-state index in [9.17, 15) is 28.8 Å². The maximum Gasteiger partial charge on any atom is 0.317 e. The number of aromatic nitrogens is 2. The molecule has 1 saturated carbocycles. The Hall–Kier alpha value is -6.83. The summed E-state index contributed by atoms with van der Waals surface area (Å²) in [5.41, 5.74) is 4.50. The second-order valence-corrected chi connectivity index (χ2v) is 17.6. The van der Waals surface area contributed by atoms with Gasteiger partial charge in [-0.1, -0.05) is 29.8 Å². The summed E-state index contributed by atoms with van der Waals surface area (Å²) in [7, 11) is 1.57. The molecule has 7 N–H and O–H groups in total. The number of carbonyl (C=O) groups is 6. The number of nitrogens with one attached hydrogen (secondary N) is 7. The number of imide groups is 1. The quantitative estimate of drug-likeness (QED) is 0.0552. The van der Waals surface area contributed by atoms with Crippen molar-refractivity contribution in [2.24, 2.45) is 0 Å². The number of anilines is 6. The van der Waals surface area contributed by atoms with Gasteiger partial charge in [-0.15, -0.1) is 0 Å². The second kappa shape index (κ2) is 22.3. The third kappa shape index (κ3) is 11.8. The number of piperidine rings is 1. The van der Waals surface area contributed by atoms with E-state index in [0.29, 0.717) is 83.7 Å². The average Bonchev–Trinajstić information content (AvgIpc) is 3.69. The first kappa shape index (κ1) is 47.7. The Labute approximate surface area is 399 Å². The number of para-hydroxylation sites is 1. The fourth-order valence-electron chi connectivity index (χ4n) is 8.99. The first-order chi connectivity index (χ1) is 33.0. The maximum absolute atomic E-state index is 13.2. The standard InChI is InChI=1S/C48H57ClN12O7/c1-50-44(64)35-6-2-3-8-38(35)56-43-37(49)28-52-47(58-43)53-31-14-16-33(17-15-31)59-22-24-60(25-23-59)48(67)54-32-12-10-30(11-13-32)51-21-5-26-68-27-20-42(63)55-39-9-4-7-34-36(39)29-61(46(34)66)40-18-19-41(62)57-45(40)65/h2-4,6-9,14-17,28,30,32,40,51H,5,10-13,18-27,29H2,1H3,(H,50,64)(H,54,67)(H,55,63)(H,57,62,65)(H2,52,53,56,58)/t30-,32+,40?. The number of amides is 7. The number of hydrogen-bond donors (Lipinski definition) is 7. The number of urea groups is 1. The van der Waals surface area contributed by atoms with Gasteiger partial charge in [-0.05, 0) is 93.6 Å². The molecule has 3 fully saturated rings. The predicted molar refractivity (Wildman–Crippen MR) is 257 cm³/mol. The van der Waals surface area contributed by atoms with Gasteiger partial charge in [-0.2, -0.15) is 4.98 Å². The van der Waals surface area contributed by atoms with Gasteiger partial charge in [0, 0.05) is 93.1 Å². The van der Waals surface area contributed by atoms with E-state index in [4.69, 9.17) is 16.3 Å². The number of fused-ring (bicyclic) bond motifs is 1. The number of piperazine rings is 1. The van der Waals surface area contributed by atoms with Gasteiger partial charge in [0.15, 0.2) is 5.82 Å². The Morgan fingerprint density at radius 2 is 1.60 bits per heavy atom. The topological polar surface area (TPSA) is 231 Å². The van der Waals surface area contributed by atoms with Crippen molar-refractivity contribution in [2.45, 2.75) is 76.0 Å². The van der Waals surface area contributed by atoms with E-state index in [0.717, 1.165) is 50.0 Å². The van der Waals surface area contributed by atoms with Gasteiger partial charge >= 0.3 is 6.03 Å². The lowest BCUT2D eigenvalue weighted by atomic mass is 9.91. The van der Waals surface area contributed by atoms with E-state index >= 15 is 0 Å². The molecule has 0 radical (unpaired) electrons. The monoisotopic (exact) mass is 948 g/mol. The van der Waals surface area contributed by atoms with Crippen molar-refractivity contribution in [1.82, 2.24) is 41.0 Å². The second-order valence-electron chi connectivity index (χ2n) is 17.2. The lowest BCUT2D eigenvalue weighted by molar-refractivity contribution is -0.137. The van der Waals surface area contributed by atoms with Crippen molar-refractivity contribution in [3.05, 3.63) is 94.6 Å². The highest BCUT2D eigenvalue weighted by molar-refractivity contribution is 6.33. The van der Waals surface area contributed by atoms with Gasteiger partial charge in [0.25, 0.3) is 11.8 Å². The van der Waals surface area contributed by atoms with Crippen LogP contribution in [0.5, 0.6) is 0 Å². The average molecular weight is 950 g/mol. The van der Waals surface area contributed by atoms with E-state index in [1.807, 2.05) is 35.2 Å². The minimum atomic E-state index is -0.722. The van der Waals surface area contributed by atoms with E-state index in [2.05, 4.69) is 52.1 Å². The van der Waals surface area contributed by atoms with Crippen LogP contribution in [0.15, 0.2) is 72.9 Å². The van der Waals surface area contributed by atoms with Crippen LogP contribution >= 0.6 is 11.6 Å². The van der Waals surface area contributed by atoms with Crippen LogP contribution in [0.25, 0.3) is 0 Å². The summed E-state index contributed by atoms with van der Waals surface area (Å²) in [6, 6.07) is 20.0. The lowest BCUT2D eigenvalue weighted by Gasteiger charge is -2.37. The highest BCUT2D eigenvalue weighted by Crippen LogP contribution is 2.33. The minimum Gasteiger partial charge on any atom is -0.381 e. The Balaban J connectivity index is 0.678. The molecule has 1 atom stereocenters. The van der Waals surface area contributed by atoms with Gasteiger partial charge in [0.05, 0.1) is 30.5 Å². The lowest BCUT2D eigenvalue weighted by Crippen LogP contribution is -2.54. The minimum absolute atomic E-state index is 0.0143. The molecule has 19 nitrogen and oxygen atoms in total. The van der Waals surface area contributed by atoms with Crippen LogP contribution < -0.4 is 42.1 Å². The number of hydrogen-bond acceptors (Lipinski definition) is 13. The van der Waals surface area contributed by atoms with Crippen molar-refractivity contribution >= 4 is 81.7 Å². The molecule has 68 heavy (non-hydrogen) atoms. The number of benzene rings is 3. The molecular weight excluding hydrogens is 892 g/mol. The molecule has 2 saturated heterocycles. The summed E-state index contributed by atoms with van der Waals surface area (Å²) in [5.74, 6) is -0.872. The molecule has 7 amide bonds. The summed E-state index contributed by atoms with van der Waals surface area (Å²) >= 11 is 6.40. The Bertz CT molecular complexity index is 2490. The van der Waals surface area contributed by atoms with Crippen LogP contribution in [-0.4, -0.2) is 126 Å². The van der Waals surface area contributed by atoms with Crippen molar-refractivity contribution in [3.63, 3.8) is 0 Å². The molecule has 3 aromatic carbocycles. The number of nitrogens with zero attached hydrogens (tertiary/aromatic N) is 5. The van der Waals surface area contributed by atoms with Crippen LogP contribution in [0, 0.1) is 0 Å². The highest BCUT2D eigenvalue weighted by atomic mass is 35.5. The number of ether oxygens (including phenoxy) is 1. The summed E-state index contributed by atoms with van der Waals surface area (Å²) in [5, 5.41) is 21.4. The van der Waals surface area contributed by atoms with Gasteiger partial charge in [-0.3, -0.25) is 29.3 Å². The van der Waals surface area contributed by atoms with E-state index in [1.165, 1.54) is 11.1 Å². The Kier molecular flexibility index (Phi) is 15.6. The molecule has 1 aromatic heterocycles. The molecule has 8 rings (SSSR count). The molecule has 358 valence electrons. The summed E-state index contributed by atoms with van der Waals surface area (Å²) in [6.45, 7) is 4.42. The molecule has 3 aliphatic heterocycles. The first-order valence-electron chi connectivity index (χ1n) is 23.2. The molecule has 0 spiro atoms. The number of halogens is 1. The smallest absolute Gasteiger partial charge is 0.317 e. The molecule has 1 unspecified atom stereocenters. The molecule has 0 bridgehead atoms. The van der Waals surface area contributed by atoms with Crippen molar-refractivity contribution in [2.75, 3.05) is 73.8 Å². The maximum atomic E-state index is 13.2. The zero-order valence-electron chi connectivity index (χ0n) is 37.9. The number of carbonyl (C=O) groups excluding carboxylic acids is 6. The van der Waals surface area contributed by atoms with Crippen LogP contribution in [0.3, 0.4) is 0 Å². The summed E-state index contributed by atoms with van der Waals surface area (Å²) in [6.07, 6.45) is 6.67. The zero-order chi connectivity index (χ0) is 47.6. The molecular formula is C48H57ClN12O7. The van der Waals surface area contributed by atoms with Crippen molar-refractivity contribution in [1.29, 1.82) is 0 Å².